The second-order valence-electron chi connectivity index (χ2n) is 7.43. The molecular formula is C24H18N4O4. The molecule has 5 rings (SSSR count). The van der Waals surface area contributed by atoms with E-state index in [1.165, 1.54) is 0 Å². The van der Waals surface area contributed by atoms with Gasteiger partial charge in [-0.05, 0) is 38.1 Å². The number of amides is 1. The van der Waals surface area contributed by atoms with Crippen molar-refractivity contribution in [2.75, 3.05) is 5.32 Å². The van der Waals surface area contributed by atoms with Crippen molar-refractivity contribution in [2.45, 2.75) is 13.8 Å². The molecule has 3 aromatic heterocycles. The van der Waals surface area contributed by atoms with Crippen molar-refractivity contribution < 1.29 is 9.21 Å². The molecule has 8 nitrogen and oxygen atoms in total. The van der Waals surface area contributed by atoms with E-state index in [-0.39, 0.29) is 22.4 Å². The number of aryl methyl sites for hydroxylation is 2. The third-order valence-corrected chi connectivity index (χ3v) is 5.27. The maximum Gasteiger partial charge on any atom is 0.335 e. The first-order valence-corrected chi connectivity index (χ1v) is 9.95. The first kappa shape index (κ1) is 19.5. The molecule has 2 N–H and O–H groups in total. The van der Waals surface area contributed by atoms with E-state index in [9.17, 15) is 14.4 Å². The number of carbonyl (C=O) groups is 1. The lowest BCUT2D eigenvalue weighted by atomic mass is 10.1. The Balaban J connectivity index is 1.67. The van der Waals surface area contributed by atoms with Crippen LogP contribution in [0.5, 0.6) is 0 Å². The van der Waals surface area contributed by atoms with Gasteiger partial charge in [0.1, 0.15) is 11.1 Å². The Morgan fingerprint density at radius 1 is 1.00 bits per heavy atom. The Bertz CT molecular complexity index is 1630. The Labute approximate surface area is 181 Å². The molecule has 0 aliphatic rings. The number of furan rings is 1. The molecule has 0 aliphatic carbocycles. The van der Waals surface area contributed by atoms with Crippen molar-refractivity contribution in [1.29, 1.82) is 0 Å². The molecule has 32 heavy (non-hydrogen) atoms. The lowest BCUT2D eigenvalue weighted by Crippen LogP contribution is -2.34. The number of nitrogens with zero attached hydrogens (tertiary/aromatic N) is 2. The van der Waals surface area contributed by atoms with E-state index in [1.807, 2.05) is 31.2 Å². The summed E-state index contributed by atoms with van der Waals surface area (Å²) in [7, 11) is 0. The molecule has 8 heteroatoms. The molecule has 0 spiro atoms. The zero-order chi connectivity index (χ0) is 22.4. The van der Waals surface area contributed by atoms with E-state index in [0.717, 1.165) is 15.6 Å². The quantitative estimate of drug-likeness (QED) is 0.457. The summed E-state index contributed by atoms with van der Waals surface area (Å²) >= 11 is 0. The Morgan fingerprint density at radius 2 is 1.78 bits per heavy atom. The van der Waals surface area contributed by atoms with Crippen molar-refractivity contribution in [1.82, 2.24) is 14.5 Å². The number of fused-ring (bicyclic) bond motifs is 2. The topological polar surface area (TPSA) is 110 Å². The van der Waals surface area contributed by atoms with Crippen molar-refractivity contribution in [3.8, 4) is 5.69 Å². The van der Waals surface area contributed by atoms with Gasteiger partial charge in [-0.25, -0.2) is 9.36 Å². The largest absolute Gasteiger partial charge is 0.444 e. The van der Waals surface area contributed by atoms with E-state index in [0.29, 0.717) is 16.9 Å². The second kappa shape index (κ2) is 7.35. The highest BCUT2D eigenvalue weighted by molar-refractivity contribution is 6.14. The van der Waals surface area contributed by atoms with Crippen molar-refractivity contribution in [3.63, 3.8) is 0 Å². The van der Waals surface area contributed by atoms with Crippen LogP contribution in [0.1, 0.15) is 21.8 Å². The number of carbonyl (C=O) groups excluding carboxylic acids is 1. The fourth-order valence-electron chi connectivity index (χ4n) is 3.81. The molecule has 0 aliphatic heterocycles. The molecule has 1 amide bonds. The molecule has 3 heterocycles. The number of pyridine rings is 1. The van der Waals surface area contributed by atoms with Gasteiger partial charge in [0.2, 0.25) is 5.71 Å². The summed E-state index contributed by atoms with van der Waals surface area (Å²) < 4.78 is 6.55. The Kier molecular flexibility index (Phi) is 4.48. The third-order valence-electron chi connectivity index (χ3n) is 5.27. The molecule has 158 valence electrons. The summed E-state index contributed by atoms with van der Waals surface area (Å²) in [5, 5.41) is 3.73. The maximum atomic E-state index is 13.3. The van der Waals surface area contributed by atoms with Gasteiger partial charge in [-0.2, -0.15) is 0 Å². The smallest absolute Gasteiger partial charge is 0.335 e. The molecule has 2 aromatic carbocycles. The van der Waals surface area contributed by atoms with Gasteiger partial charge in [0, 0.05) is 11.1 Å². The van der Waals surface area contributed by atoms with Gasteiger partial charge in [-0.15, -0.1) is 0 Å². The number of anilines is 1. The molecule has 5 aromatic rings. The van der Waals surface area contributed by atoms with E-state index in [2.05, 4.69) is 15.3 Å². The van der Waals surface area contributed by atoms with Gasteiger partial charge < -0.3 is 9.73 Å². The van der Waals surface area contributed by atoms with Crippen molar-refractivity contribution >= 4 is 33.6 Å². The highest BCUT2D eigenvalue weighted by atomic mass is 16.3. The second-order valence-corrected chi connectivity index (χ2v) is 7.43. The van der Waals surface area contributed by atoms with Crippen LogP contribution in [-0.4, -0.2) is 20.4 Å². The molecular weight excluding hydrogens is 408 g/mol. The summed E-state index contributed by atoms with van der Waals surface area (Å²) in [6.07, 6.45) is 0. The van der Waals surface area contributed by atoms with E-state index in [1.54, 1.807) is 43.3 Å². The van der Waals surface area contributed by atoms with Gasteiger partial charge in [-0.1, -0.05) is 36.4 Å². The summed E-state index contributed by atoms with van der Waals surface area (Å²) in [6, 6.07) is 17.8. The Morgan fingerprint density at radius 3 is 2.56 bits per heavy atom. The van der Waals surface area contributed by atoms with Crippen LogP contribution in [-0.2, 0) is 0 Å². The molecule has 0 saturated heterocycles. The van der Waals surface area contributed by atoms with Crippen molar-refractivity contribution in [2.24, 2.45) is 0 Å². The number of nitrogens with one attached hydrogen (secondary N) is 2. The van der Waals surface area contributed by atoms with Crippen molar-refractivity contribution in [3.05, 3.63) is 98.5 Å². The number of para-hydroxylation sites is 2. The summed E-state index contributed by atoms with van der Waals surface area (Å²) in [4.78, 5) is 46.2. The molecule has 0 fully saturated rings. The molecule has 0 radical (unpaired) electrons. The number of rotatable bonds is 3. The normalized spacial score (nSPS) is 11.2. The minimum Gasteiger partial charge on any atom is -0.444 e. The first-order valence-electron chi connectivity index (χ1n) is 9.95. The summed E-state index contributed by atoms with van der Waals surface area (Å²) in [5.41, 5.74) is 1.09. The monoisotopic (exact) mass is 426 g/mol. The van der Waals surface area contributed by atoms with Gasteiger partial charge in [0.05, 0.1) is 22.5 Å². The van der Waals surface area contributed by atoms with Gasteiger partial charge in [-0.3, -0.25) is 19.6 Å². The molecule has 0 atom stereocenters. The fraction of sp³-hybridized carbons (Fsp3) is 0.0833. The van der Waals surface area contributed by atoms with Crippen LogP contribution in [0.15, 0.2) is 74.7 Å². The minimum atomic E-state index is -0.650. The highest BCUT2D eigenvalue weighted by Crippen LogP contribution is 2.25. The van der Waals surface area contributed by atoms with Crippen LogP contribution in [0.2, 0.25) is 0 Å². The standard InChI is InChI=1S/C24H18N4O4/c1-13-11-12-15-7-6-10-17(20(15)25-13)26-21(29)18-14(2)32-22-19(18)23(30)28(24(31)27-22)16-8-4-3-5-9-16/h3-12H,1-2H3,(H,26,29)(H,27,31). The molecule has 0 unspecified atom stereocenters. The number of H-pyrrole nitrogens is 1. The average Bonchev–Trinajstić information content (AvgIpc) is 3.11. The first-order chi connectivity index (χ1) is 15.4. The summed E-state index contributed by atoms with van der Waals surface area (Å²) in [6.45, 7) is 3.44. The van der Waals surface area contributed by atoms with E-state index < -0.39 is 17.2 Å². The van der Waals surface area contributed by atoms with E-state index in [4.69, 9.17) is 4.42 Å². The van der Waals surface area contributed by atoms with Gasteiger partial charge >= 0.3 is 5.69 Å². The zero-order valence-electron chi connectivity index (χ0n) is 17.3. The van der Waals surface area contributed by atoms with Crippen LogP contribution in [0.3, 0.4) is 0 Å². The third kappa shape index (κ3) is 3.09. The van der Waals surface area contributed by atoms with Crippen LogP contribution in [0.25, 0.3) is 27.7 Å². The molecule has 0 bridgehead atoms. The minimum absolute atomic E-state index is 0.00725. The zero-order valence-corrected chi connectivity index (χ0v) is 17.3. The van der Waals surface area contributed by atoms with E-state index >= 15 is 0 Å². The van der Waals surface area contributed by atoms with Crippen LogP contribution >= 0.6 is 0 Å². The number of aromatic nitrogens is 3. The van der Waals surface area contributed by atoms with Gasteiger partial charge in [0.25, 0.3) is 11.5 Å². The van der Waals surface area contributed by atoms with Crippen LogP contribution < -0.4 is 16.6 Å². The Hall–Kier alpha value is -4.46. The number of benzene rings is 2. The maximum absolute atomic E-state index is 13.3. The number of hydrogen-bond acceptors (Lipinski definition) is 5. The predicted octanol–water partition coefficient (Wildman–Crippen LogP) is 3.69. The van der Waals surface area contributed by atoms with Crippen LogP contribution in [0.4, 0.5) is 5.69 Å². The SMILES string of the molecule is Cc1ccc2cccc(NC(=O)c3c(C)oc4[nH]c(=O)n(-c5ccccc5)c(=O)c34)c2n1. The summed E-state index contributed by atoms with van der Waals surface area (Å²) in [5.74, 6) is -0.304. The van der Waals surface area contributed by atoms with Crippen LogP contribution in [0, 0.1) is 13.8 Å². The highest BCUT2D eigenvalue weighted by Gasteiger charge is 2.24. The lowest BCUT2D eigenvalue weighted by Gasteiger charge is -2.09. The predicted molar refractivity (Wildman–Crippen MR) is 122 cm³/mol. The molecule has 0 saturated carbocycles. The number of aromatic amines is 1. The average molecular weight is 426 g/mol. The number of hydrogen-bond donors (Lipinski definition) is 2. The van der Waals surface area contributed by atoms with Gasteiger partial charge in [0.15, 0.2) is 0 Å². The fourth-order valence-corrected chi connectivity index (χ4v) is 3.81. The lowest BCUT2D eigenvalue weighted by molar-refractivity contribution is 0.102.